The van der Waals surface area contributed by atoms with E-state index in [0.717, 1.165) is 38.5 Å². The lowest BCUT2D eigenvalue weighted by molar-refractivity contribution is -0.142. The summed E-state index contributed by atoms with van der Waals surface area (Å²) in [4.78, 5) is 22.3. The average molecular weight is 459 g/mol. The van der Waals surface area contributed by atoms with Gasteiger partial charge in [0.2, 0.25) is 0 Å². The molecule has 8 heteroatoms. The van der Waals surface area contributed by atoms with Crippen LogP contribution in [0, 0.1) is 0 Å². The number of esters is 2. The van der Waals surface area contributed by atoms with Crippen LogP contribution in [0.15, 0.2) is 24.3 Å². The minimum atomic E-state index is -0.794. The highest BCUT2D eigenvalue weighted by atomic mass is 16.6. The van der Waals surface area contributed by atoms with Crippen LogP contribution in [0.1, 0.15) is 65.2 Å². The number of carbonyl (C=O) groups excluding carboxylic acids is 2. The molecule has 0 aromatic carbocycles. The van der Waals surface area contributed by atoms with Crippen LogP contribution < -0.4 is 0 Å². The Morgan fingerprint density at radius 3 is 1.31 bits per heavy atom. The summed E-state index contributed by atoms with van der Waals surface area (Å²) in [6.07, 6.45) is 13.0. The van der Waals surface area contributed by atoms with Gasteiger partial charge in [-0.2, -0.15) is 0 Å². The minimum Gasteiger partial charge on any atom is -0.460 e. The maximum Gasteiger partial charge on any atom is 0.330 e. The Labute approximate surface area is 192 Å². The number of rotatable bonds is 21. The van der Waals surface area contributed by atoms with E-state index in [1.165, 1.54) is 25.0 Å². The van der Waals surface area contributed by atoms with Gasteiger partial charge in [-0.15, -0.1) is 0 Å². The summed E-state index contributed by atoms with van der Waals surface area (Å²) < 4.78 is 20.5. The van der Waals surface area contributed by atoms with Crippen LogP contribution in [-0.2, 0) is 28.5 Å². The largest absolute Gasteiger partial charge is 0.460 e. The first-order valence-corrected chi connectivity index (χ1v) is 11.6. The molecule has 2 atom stereocenters. The topological polar surface area (TPSA) is 112 Å². The molecule has 186 valence electrons. The minimum absolute atomic E-state index is 0.0545. The van der Waals surface area contributed by atoms with Crippen molar-refractivity contribution in [3.63, 3.8) is 0 Å². The Kier molecular flexibility index (Phi) is 21.2. The van der Waals surface area contributed by atoms with E-state index in [4.69, 9.17) is 18.9 Å². The first kappa shape index (κ1) is 30.3. The molecule has 0 aliphatic carbocycles. The van der Waals surface area contributed by atoms with Gasteiger partial charge in [0.25, 0.3) is 0 Å². The Hall–Kier alpha value is -1.74. The smallest absolute Gasteiger partial charge is 0.330 e. The number of unbranched alkanes of at least 4 members (excludes halogenated alkanes) is 7. The highest BCUT2D eigenvalue weighted by Gasteiger charge is 2.08. The van der Waals surface area contributed by atoms with Crippen LogP contribution in [0.2, 0.25) is 0 Å². The van der Waals surface area contributed by atoms with Crippen molar-refractivity contribution >= 4 is 11.9 Å². The van der Waals surface area contributed by atoms with Crippen molar-refractivity contribution in [1.82, 2.24) is 0 Å². The molecule has 2 N–H and O–H groups in total. The molecule has 32 heavy (non-hydrogen) atoms. The second kappa shape index (κ2) is 22.5. The van der Waals surface area contributed by atoms with E-state index in [9.17, 15) is 19.8 Å². The lowest BCUT2D eigenvalue weighted by atomic mass is 10.1. The van der Waals surface area contributed by atoms with Gasteiger partial charge in [0, 0.05) is 25.4 Å². The van der Waals surface area contributed by atoms with Crippen molar-refractivity contribution in [3.05, 3.63) is 24.3 Å². The number of aliphatic hydroxyl groups excluding tert-OH is 2. The molecular formula is C24H42O8. The predicted octanol–water partition coefficient (Wildman–Crippen LogP) is 3.10. The van der Waals surface area contributed by atoms with Gasteiger partial charge in [-0.25, -0.2) is 9.59 Å². The highest BCUT2D eigenvalue weighted by Crippen LogP contribution is 2.09. The summed E-state index contributed by atoms with van der Waals surface area (Å²) in [6.45, 7) is 4.87. The zero-order chi connectivity index (χ0) is 23.9. The van der Waals surface area contributed by atoms with E-state index in [2.05, 4.69) is 0 Å². The Morgan fingerprint density at radius 1 is 0.625 bits per heavy atom. The molecule has 0 bridgehead atoms. The highest BCUT2D eigenvalue weighted by molar-refractivity contribution is 5.82. The number of carbonyl (C=O) groups is 2. The quantitative estimate of drug-likeness (QED) is 0.153. The third-order valence-electron chi connectivity index (χ3n) is 4.39. The van der Waals surface area contributed by atoms with E-state index in [-0.39, 0.29) is 26.4 Å². The first-order chi connectivity index (χ1) is 15.5. The van der Waals surface area contributed by atoms with Gasteiger partial charge in [0.05, 0.1) is 13.2 Å². The number of hydrogen-bond donors (Lipinski definition) is 2. The van der Waals surface area contributed by atoms with E-state index < -0.39 is 24.1 Å². The first-order valence-electron chi connectivity index (χ1n) is 11.6. The summed E-state index contributed by atoms with van der Waals surface area (Å²) in [7, 11) is 0. The normalized spacial score (nSPS) is 13.5. The van der Waals surface area contributed by atoms with Crippen LogP contribution in [0.3, 0.4) is 0 Å². The van der Waals surface area contributed by atoms with E-state index >= 15 is 0 Å². The summed E-state index contributed by atoms with van der Waals surface area (Å²) in [5, 5.41) is 19.3. The average Bonchev–Trinajstić information content (AvgIpc) is 2.77. The second-order valence-corrected chi connectivity index (χ2v) is 7.55. The Morgan fingerprint density at radius 2 is 0.969 bits per heavy atom. The van der Waals surface area contributed by atoms with E-state index in [1.54, 1.807) is 26.0 Å². The molecule has 0 radical (unpaired) electrons. The molecule has 0 spiro atoms. The summed E-state index contributed by atoms with van der Waals surface area (Å²) >= 11 is 0. The van der Waals surface area contributed by atoms with Crippen molar-refractivity contribution in [2.24, 2.45) is 0 Å². The van der Waals surface area contributed by atoms with Gasteiger partial charge in [0.15, 0.2) is 0 Å². The van der Waals surface area contributed by atoms with Gasteiger partial charge in [0.1, 0.15) is 25.4 Å². The van der Waals surface area contributed by atoms with Gasteiger partial charge in [-0.1, -0.05) is 50.7 Å². The van der Waals surface area contributed by atoms with Crippen LogP contribution in [0.4, 0.5) is 0 Å². The van der Waals surface area contributed by atoms with Gasteiger partial charge in [-0.3, -0.25) is 0 Å². The molecule has 0 aliphatic heterocycles. The number of ether oxygens (including phenoxy) is 4. The summed E-state index contributed by atoms with van der Waals surface area (Å²) in [5.74, 6) is -0.921. The van der Waals surface area contributed by atoms with Crippen molar-refractivity contribution < 1.29 is 38.7 Å². The van der Waals surface area contributed by atoms with E-state index in [0.29, 0.717) is 13.2 Å². The van der Waals surface area contributed by atoms with Gasteiger partial charge >= 0.3 is 11.9 Å². The van der Waals surface area contributed by atoms with E-state index in [1.807, 2.05) is 0 Å². The van der Waals surface area contributed by atoms with Crippen molar-refractivity contribution in [2.45, 2.75) is 77.4 Å². The molecule has 0 aromatic heterocycles. The molecule has 0 saturated heterocycles. The molecule has 0 saturated carbocycles. The monoisotopic (exact) mass is 458 g/mol. The molecule has 0 aromatic rings. The van der Waals surface area contributed by atoms with Gasteiger partial charge < -0.3 is 29.2 Å². The Bertz CT molecular complexity index is 472. The number of hydrogen-bond acceptors (Lipinski definition) is 8. The second-order valence-electron chi connectivity index (χ2n) is 7.55. The summed E-state index contributed by atoms with van der Waals surface area (Å²) in [5.41, 5.74) is 0. The fraction of sp³-hybridized carbons (Fsp3) is 0.750. The lowest BCUT2D eigenvalue weighted by Crippen LogP contribution is -2.23. The molecule has 8 nitrogen and oxygen atoms in total. The molecule has 2 unspecified atom stereocenters. The fourth-order valence-electron chi connectivity index (χ4n) is 2.73. The molecule has 0 amide bonds. The third kappa shape index (κ3) is 21.5. The maximum absolute atomic E-state index is 11.1. The van der Waals surface area contributed by atoms with Crippen LogP contribution in [0.5, 0.6) is 0 Å². The number of aliphatic hydroxyl groups is 2. The molecule has 0 fully saturated rings. The van der Waals surface area contributed by atoms with Gasteiger partial charge in [-0.05, 0) is 26.7 Å². The van der Waals surface area contributed by atoms with Crippen LogP contribution >= 0.6 is 0 Å². The van der Waals surface area contributed by atoms with Crippen molar-refractivity contribution in [1.29, 1.82) is 0 Å². The zero-order valence-corrected chi connectivity index (χ0v) is 19.7. The molecule has 0 heterocycles. The van der Waals surface area contributed by atoms with Crippen molar-refractivity contribution in [2.75, 3.05) is 39.6 Å². The molecule has 0 aliphatic rings. The lowest BCUT2D eigenvalue weighted by Gasteiger charge is -2.11. The predicted molar refractivity (Wildman–Crippen MR) is 122 cm³/mol. The molecular weight excluding hydrogens is 416 g/mol. The molecule has 0 rings (SSSR count). The standard InChI is InChI=1S/C24H42O8/c1-3-13-23(27)31-19-21(25)17-29-15-11-9-7-5-6-8-10-12-16-30-18-22(26)20-32-24(28)14-4-2/h3-4,13-14,21-22,25-26H,5-12,15-20H2,1-2H3. The fourth-order valence-corrected chi connectivity index (χ4v) is 2.73. The van der Waals surface area contributed by atoms with Crippen LogP contribution in [0.25, 0.3) is 0 Å². The Balaban J connectivity index is 3.31. The third-order valence-corrected chi connectivity index (χ3v) is 4.39. The van der Waals surface area contributed by atoms with Crippen molar-refractivity contribution in [3.8, 4) is 0 Å². The zero-order valence-electron chi connectivity index (χ0n) is 19.7. The number of allylic oxidation sites excluding steroid dienone is 2. The van der Waals surface area contributed by atoms with Crippen LogP contribution in [-0.4, -0.2) is 74.0 Å². The maximum atomic E-state index is 11.1. The SMILES string of the molecule is CC=CC(=O)OCC(O)COCCCCCCCCCCOCC(O)COC(=O)C=CC. The summed E-state index contributed by atoms with van der Waals surface area (Å²) in [6, 6.07) is 0.